The number of carbonyl (C=O) groups is 1. The standard InChI is InChI=1S/C22H33ClN2O4/c1-20(2,3)29-19(27)25-22-11-9-21(10-12-22,15-18(22)26)24-13-4-14-28-17-7-5-16(23)6-8-17/h5-8,18,24,26H,4,9-15H2,1-3H3,(H,25,27)/t18-,21?,22?/m0/s1. The van der Waals surface area contributed by atoms with Crippen molar-refractivity contribution in [1.29, 1.82) is 0 Å². The lowest BCUT2D eigenvalue weighted by atomic mass is 9.60. The molecule has 0 aromatic heterocycles. The minimum Gasteiger partial charge on any atom is -0.494 e. The van der Waals surface area contributed by atoms with Crippen LogP contribution in [0.1, 0.15) is 59.3 Å². The van der Waals surface area contributed by atoms with Gasteiger partial charge in [0.2, 0.25) is 0 Å². The summed E-state index contributed by atoms with van der Waals surface area (Å²) in [6.45, 7) is 6.97. The van der Waals surface area contributed by atoms with Crippen LogP contribution in [0.25, 0.3) is 0 Å². The van der Waals surface area contributed by atoms with Crippen LogP contribution < -0.4 is 15.4 Å². The van der Waals surface area contributed by atoms with E-state index in [0.717, 1.165) is 44.4 Å². The summed E-state index contributed by atoms with van der Waals surface area (Å²) in [5, 5.41) is 18.1. The van der Waals surface area contributed by atoms with Gasteiger partial charge in [0.05, 0.1) is 18.2 Å². The Kier molecular flexibility index (Phi) is 6.66. The lowest BCUT2D eigenvalue weighted by molar-refractivity contribution is -0.0645. The van der Waals surface area contributed by atoms with Crippen molar-refractivity contribution < 1.29 is 19.4 Å². The fourth-order valence-electron chi connectivity index (χ4n) is 4.39. The highest BCUT2D eigenvalue weighted by Crippen LogP contribution is 2.47. The minimum absolute atomic E-state index is 0.0585. The van der Waals surface area contributed by atoms with Gasteiger partial charge in [0.15, 0.2) is 0 Å². The molecule has 0 spiro atoms. The van der Waals surface area contributed by atoms with Crippen molar-refractivity contribution in [3.05, 3.63) is 29.3 Å². The van der Waals surface area contributed by atoms with Crippen LogP contribution in [0, 0.1) is 0 Å². The quantitative estimate of drug-likeness (QED) is 0.575. The zero-order valence-electron chi connectivity index (χ0n) is 17.6. The molecule has 2 bridgehead atoms. The van der Waals surface area contributed by atoms with Crippen molar-refractivity contribution in [3.8, 4) is 5.75 Å². The third-order valence-corrected chi connectivity index (χ3v) is 6.23. The van der Waals surface area contributed by atoms with Gasteiger partial charge in [-0.2, -0.15) is 0 Å². The number of carbonyl (C=O) groups excluding carboxylic acids is 1. The van der Waals surface area contributed by atoms with Crippen LogP contribution in [0.5, 0.6) is 5.75 Å². The second kappa shape index (κ2) is 8.70. The van der Waals surface area contributed by atoms with Crippen LogP contribution in [-0.4, -0.2) is 47.1 Å². The summed E-state index contributed by atoms with van der Waals surface area (Å²) in [7, 11) is 0. The summed E-state index contributed by atoms with van der Waals surface area (Å²) in [6, 6.07) is 7.36. The number of hydrogen-bond donors (Lipinski definition) is 3. The molecular formula is C22H33ClN2O4. The lowest BCUT2D eigenvalue weighted by Gasteiger charge is -2.56. The number of rotatable bonds is 7. The normalized spacial score (nSPS) is 28.8. The van der Waals surface area contributed by atoms with Crippen molar-refractivity contribution in [2.45, 2.75) is 82.1 Å². The van der Waals surface area contributed by atoms with Crippen molar-refractivity contribution in [2.24, 2.45) is 0 Å². The van der Waals surface area contributed by atoms with Crippen LogP contribution in [0.2, 0.25) is 5.02 Å². The Hall–Kier alpha value is -1.50. The predicted octanol–water partition coefficient (Wildman–Crippen LogP) is 4.04. The minimum atomic E-state index is -0.574. The molecule has 0 heterocycles. The molecule has 1 atom stereocenters. The Morgan fingerprint density at radius 1 is 1.21 bits per heavy atom. The molecule has 6 nitrogen and oxygen atoms in total. The fourth-order valence-corrected chi connectivity index (χ4v) is 4.51. The average molecular weight is 425 g/mol. The third kappa shape index (κ3) is 5.77. The number of nitrogens with one attached hydrogen (secondary N) is 2. The molecule has 4 rings (SSSR count). The Balaban J connectivity index is 1.43. The highest BCUT2D eigenvalue weighted by molar-refractivity contribution is 6.30. The Labute approximate surface area is 178 Å². The van der Waals surface area contributed by atoms with Crippen LogP contribution in [-0.2, 0) is 4.74 Å². The van der Waals surface area contributed by atoms with E-state index >= 15 is 0 Å². The molecule has 0 radical (unpaired) electrons. The molecule has 3 aliphatic rings. The molecule has 7 heteroatoms. The lowest BCUT2D eigenvalue weighted by Crippen LogP contribution is -2.69. The molecule has 1 aromatic carbocycles. The number of benzene rings is 1. The summed E-state index contributed by atoms with van der Waals surface area (Å²) in [6.07, 6.45) is 3.86. The van der Waals surface area contributed by atoms with E-state index in [9.17, 15) is 9.90 Å². The van der Waals surface area contributed by atoms with Crippen LogP contribution >= 0.6 is 11.6 Å². The van der Waals surface area contributed by atoms with Gasteiger partial charge in [0.25, 0.3) is 0 Å². The molecule has 3 N–H and O–H groups in total. The highest BCUT2D eigenvalue weighted by atomic mass is 35.5. The summed E-state index contributed by atoms with van der Waals surface area (Å²) in [5.74, 6) is 0.816. The Morgan fingerprint density at radius 2 is 1.86 bits per heavy atom. The van der Waals surface area contributed by atoms with E-state index in [1.165, 1.54) is 0 Å². The zero-order chi connectivity index (χ0) is 21.1. The van der Waals surface area contributed by atoms with Crippen LogP contribution in [0.4, 0.5) is 4.79 Å². The number of alkyl carbamates (subject to hydrolysis) is 1. The van der Waals surface area contributed by atoms with Gasteiger partial charge < -0.3 is 25.2 Å². The number of hydrogen-bond acceptors (Lipinski definition) is 5. The first-order valence-corrected chi connectivity index (χ1v) is 10.8. The summed E-state index contributed by atoms with van der Waals surface area (Å²) >= 11 is 5.88. The average Bonchev–Trinajstić information content (AvgIpc) is 2.63. The number of aliphatic hydroxyl groups is 1. The molecule has 1 aromatic rings. The first-order valence-electron chi connectivity index (χ1n) is 10.4. The van der Waals surface area contributed by atoms with Gasteiger partial charge in [0.1, 0.15) is 11.4 Å². The molecule has 3 saturated carbocycles. The Morgan fingerprint density at radius 3 is 2.45 bits per heavy atom. The third-order valence-electron chi connectivity index (χ3n) is 5.97. The van der Waals surface area contributed by atoms with Crippen molar-refractivity contribution in [2.75, 3.05) is 13.2 Å². The van der Waals surface area contributed by atoms with E-state index in [0.29, 0.717) is 18.1 Å². The topological polar surface area (TPSA) is 79.8 Å². The predicted molar refractivity (Wildman–Crippen MR) is 113 cm³/mol. The summed E-state index contributed by atoms with van der Waals surface area (Å²) in [5.41, 5.74) is -1.17. The first kappa shape index (κ1) is 22.2. The number of halogens is 1. The monoisotopic (exact) mass is 424 g/mol. The maximum atomic E-state index is 12.2. The van der Waals surface area contributed by atoms with E-state index in [1.807, 2.05) is 45.0 Å². The van der Waals surface area contributed by atoms with E-state index in [1.54, 1.807) is 0 Å². The van der Waals surface area contributed by atoms with Crippen LogP contribution in [0.15, 0.2) is 24.3 Å². The molecule has 29 heavy (non-hydrogen) atoms. The Bertz CT molecular complexity index is 694. The molecule has 3 aliphatic carbocycles. The summed E-state index contributed by atoms with van der Waals surface area (Å²) in [4.78, 5) is 12.2. The maximum Gasteiger partial charge on any atom is 0.408 e. The smallest absolute Gasteiger partial charge is 0.408 e. The van der Waals surface area contributed by atoms with Crippen molar-refractivity contribution >= 4 is 17.7 Å². The van der Waals surface area contributed by atoms with Crippen molar-refractivity contribution in [3.63, 3.8) is 0 Å². The zero-order valence-corrected chi connectivity index (χ0v) is 18.3. The number of fused-ring (bicyclic) bond motifs is 3. The summed E-state index contributed by atoms with van der Waals surface area (Å²) < 4.78 is 11.1. The number of ether oxygens (including phenoxy) is 2. The van der Waals surface area contributed by atoms with Gasteiger partial charge in [-0.05, 0) is 90.1 Å². The second-order valence-electron chi connectivity index (χ2n) is 9.37. The first-order chi connectivity index (χ1) is 13.6. The van der Waals surface area contributed by atoms with Crippen molar-refractivity contribution in [1.82, 2.24) is 10.6 Å². The largest absolute Gasteiger partial charge is 0.494 e. The van der Waals surface area contributed by atoms with Gasteiger partial charge in [-0.25, -0.2) is 4.79 Å². The number of aliphatic hydroxyl groups excluding tert-OH is 1. The highest BCUT2D eigenvalue weighted by Gasteiger charge is 2.54. The fraction of sp³-hybridized carbons (Fsp3) is 0.682. The van der Waals surface area contributed by atoms with E-state index in [2.05, 4.69) is 10.6 Å². The molecule has 3 fully saturated rings. The van der Waals surface area contributed by atoms with Gasteiger partial charge in [-0.15, -0.1) is 0 Å². The maximum absolute atomic E-state index is 12.2. The molecule has 162 valence electrons. The van der Waals surface area contributed by atoms with Gasteiger partial charge in [0, 0.05) is 10.6 Å². The van der Waals surface area contributed by atoms with E-state index in [4.69, 9.17) is 21.1 Å². The van der Waals surface area contributed by atoms with Gasteiger partial charge in [-0.3, -0.25) is 0 Å². The molecule has 0 saturated heterocycles. The van der Waals surface area contributed by atoms with Gasteiger partial charge in [-0.1, -0.05) is 11.6 Å². The molecule has 1 amide bonds. The van der Waals surface area contributed by atoms with Crippen LogP contribution in [0.3, 0.4) is 0 Å². The van der Waals surface area contributed by atoms with E-state index < -0.39 is 23.3 Å². The molecule has 0 aliphatic heterocycles. The molecular weight excluding hydrogens is 392 g/mol. The van der Waals surface area contributed by atoms with E-state index in [-0.39, 0.29) is 5.54 Å². The molecule has 0 unspecified atom stereocenters. The SMILES string of the molecule is CC(C)(C)OC(=O)NC12CCC(NCCCOc3ccc(Cl)cc3)(CC1)C[C@@H]2O. The second-order valence-corrected chi connectivity index (χ2v) is 9.80. The van der Waals surface area contributed by atoms with Gasteiger partial charge >= 0.3 is 6.09 Å². The number of amides is 1.